The predicted molar refractivity (Wildman–Crippen MR) is 87.3 cm³/mol. The number of nitrogens with zero attached hydrogens (tertiary/aromatic N) is 2. The fourth-order valence-electron chi connectivity index (χ4n) is 1.75. The number of nitrogens with one attached hydrogen (secondary N) is 2. The molecule has 0 aliphatic rings. The third kappa shape index (κ3) is 4.94. The van der Waals surface area contributed by atoms with E-state index in [0.717, 1.165) is 17.8 Å². The molecule has 6 nitrogen and oxygen atoms in total. The molecule has 2 rings (SSSR count). The minimum Gasteiger partial charge on any atom is -0.387 e. The first kappa shape index (κ1) is 16.7. The SMILES string of the molecule is CCCc1nnc(NC(=O)NCC(O)c2ccc(Cl)cc2)s1. The Balaban J connectivity index is 1.80. The second kappa shape index (κ2) is 8.07. The monoisotopic (exact) mass is 340 g/mol. The van der Waals surface area contributed by atoms with Crippen molar-refractivity contribution >= 4 is 34.1 Å². The summed E-state index contributed by atoms with van der Waals surface area (Å²) in [5, 5.41) is 25.0. The second-order valence-corrected chi connectivity index (χ2v) is 6.15. The molecule has 1 aromatic carbocycles. The average Bonchev–Trinajstić information content (AvgIpc) is 2.93. The van der Waals surface area contributed by atoms with Gasteiger partial charge in [0.2, 0.25) is 5.13 Å². The third-order valence-electron chi connectivity index (χ3n) is 2.86. The highest BCUT2D eigenvalue weighted by molar-refractivity contribution is 7.15. The Labute approximate surface area is 137 Å². The van der Waals surface area contributed by atoms with E-state index in [-0.39, 0.29) is 6.54 Å². The number of aromatic nitrogens is 2. The largest absolute Gasteiger partial charge is 0.387 e. The van der Waals surface area contributed by atoms with E-state index in [1.54, 1.807) is 24.3 Å². The van der Waals surface area contributed by atoms with Crippen molar-refractivity contribution in [3.05, 3.63) is 39.9 Å². The molecule has 0 saturated carbocycles. The summed E-state index contributed by atoms with van der Waals surface area (Å²) in [6.07, 6.45) is 1.03. The number of halogens is 1. The van der Waals surface area contributed by atoms with Crippen molar-refractivity contribution in [3.63, 3.8) is 0 Å². The molecule has 0 spiro atoms. The van der Waals surface area contributed by atoms with Gasteiger partial charge in [-0.2, -0.15) is 0 Å². The number of urea groups is 1. The molecule has 1 unspecified atom stereocenters. The maximum absolute atomic E-state index is 11.8. The molecule has 22 heavy (non-hydrogen) atoms. The van der Waals surface area contributed by atoms with E-state index >= 15 is 0 Å². The normalized spacial score (nSPS) is 12.0. The van der Waals surface area contributed by atoms with Crippen LogP contribution in [0.1, 0.15) is 30.0 Å². The Morgan fingerprint density at radius 2 is 2.09 bits per heavy atom. The zero-order chi connectivity index (χ0) is 15.9. The molecular weight excluding hydrogens is 324 g/mol. The summed E-state index contributed by atoms with van der Waals surface area (Å²) in [4.78, 5) is 11.8. The summed E-state index contributed by atoms with van der Waals surface area (Å²) in [6, 6.07) is 6.39. The Morgan fingerprint density at radius 3 is 2.77 bits per heavy atom. The first-order chi connectivity index (χ1) is 10.6. The molecule has 118 valence electrons. The van der Waals surface area contributed by atoms with Gasteiger partial charge in [-0.15, -0.1) is 10.2 Å². The lowest BCUT2D eigenvalue weighted by atomic mass is 10.1. The standard InChI is InChI=1S/C14H17ClN4O2S/c1-2-3-12-18-19-14(22-12)17-13(21)16-8-11(20)9-4-6-10(15)7-5-9/h4-7,11,20H,2-3,8H2,1H3,(H2,16,17,19,21). The van der Waals surface area contributed by atoms with Crippen LogP contribution < -0.4 is 10.6 Å². The summed E-state index contributed by atoms with van der Waals surface area (Å²) in [5.41, 5.74) is 0.686. The molecule has 0 radical (unpaired) electrons. The molecule has 0 fully saturated rings. The summed E-state index contributed by atoms with van der Waals surface area (Å²) >= 11 is 7.13. The number of rotatable bonds is 6. The number of amides is 2. The fraction of sp³-hybridized carbons (Fsp3) is 0.357. The molecule has 0 bridgehead atoms. The van der Waals surface area contributed by atoms with Crippen LogP contribution in [0.25, 0.3) is 0 Å². The van der Waals surface area contributed by atoms with Gasteiger partial charge in [-0.25, -0.2) is 4.79 Å². The molecule has 2 aromatic rings. The lowest BCUT2D eigenvalue weighted by Crippen LogP contribution is -2.32. The number of anilines is 1. The molecule has 1 heterocycles. The number of aryl methyl sites for hydroxylation is 1. The topological polar surface area (TPSA) is 87.1 Å². The number of hydrogen-bond acceptors (Lipinski definition) is 5. The molecule has 0 aliphatic carbocycles. The number of carbonyl (C=O) groups excluding carboxylic acids is 1. The van der Waals surface area contributed by atoms with E-state index in [1.807, 2.05) is 0 Å². The third-order valence-corrected chi connectivity index (χ3v) is 4.01. The van der Waals surface area contributed by atoms with E-state index in [1.165, 1.54) is 11.3 Å². The van der Waals surface area contributed by atoms with Gasteiger partial charge in [-0.3, -0.25) is 5.32 Å². The van der Waals surface area contributed by atoms with Crippen LogP contribution in [0, 0.1) is 0 Å². The van der Waals surface area contributed by atoms with Crippen molar-refractivity contribution in [1.29, 1.82) is 0 Å². The van der Waals surface area contributed by atoms with E-state index in [4.69, 9.17) is 11.6 Å². The number of carbonyl (C=O) groups is 1. The van der Waals surface area contributed by atoms with Crippen molar-refractivity contribution in [2.24, 2.45) is 0 Å². The Kier molecular flexibility index (Phi) is 6.11. The van der Waals surface area contributed by atoms with Gasteiger partial charge in [-0.05, 0) is 24.1 Å². The van der Waals surface area contributed by atoms with Crippen LogP contribution in [0.2, 0.25) is 5.02 Å². The highest BCUT2D eigenvalue weighted by Crippen LogP contribution is 2.17. The molecule has 8 heteroatoms. The van der Waals surface area contributed by atoms with E-state index in [9.17, 15) is 9.90 Å². The number of aliphatic hydroxyl groups is 1. The highest BCUT2D eigenvalue weighted by atomic mass is 35.5. The first-order valence-corrected chi connectivity index (χ1v) is 8.08. The first-order valence-electron chi connectivity index (χ1n) is 6.89. The quantitative estimate of drug-likeness (QED) is 0.754. The van der Waals surface area contributed by atoms with Gasteiger partial charge in [0.25, 0.3) is 0 Å². The second-order valence-electron chi connectivity index (χ2n) is 4.65. The minimum atomic E-state index is -0.798. The molecule has 1 atom stereocenters. The molecule has 0 aliphatic heterocycles. The van der Waals surface area contributed by atoms with Crippen LogP contribution in [-0.4, -0.2) is 27.9 Å². The number of aliphatic hydroxyl groups excluding tert-OH is 1. The van der Waals surface area contributed by atoms with Crippen LogP contribution in [-0.2, 0) is 6.42 Å². The van der Waals surface area contributed by atoms with Gasteiger partial charge in [-0.1, -0.05) is 42.0 Å². The van der Waals surface area contributed by atoms with Crippen LogP contribution in [0.4, 0.5) is 9.93 Å². The number of hydrogen-bond donors (Lipinski definition) is 3. The summed E-state index contributed by atoms with van der Waals surface area (Å²) in [6.45, 7) is 2.15. The van der Waals surface area contributed by atoms with Gasteiger partial charge in [0.1, 0.15) is 5.01 Å². The molecule has 3 N–H and O–H groups in total. The lowest BCUT2D eigenvalue weighted by Gasteiger charge is -2.12. The van der Waals surface area contributed by atoms with Crippen molar-refractivity contribution in [1.82, 2.24) is 15.5 Å². The smallest absolute Gasteiger partial charge is 0.321 e. The van der Waals surface area contributed by atoms with Crippen molar-refractivity contribution in [3.8, 4) is 0 Å². The Hall–Kier alpha value is -1.70. The average molecular weight is 341 g/mol. The fourth-order valence-corrected chi connectivity index (χ4v) is 2.71. The van der Waals surface area contributed by atoms with Crippen LogP contribution in [0.5, 0.6) is 0 Å². The molecule has 0 saturated heterocycles. The van der Waals surface area contributed by atoms with Crippen LogP contribution in [0.3, 0.4) is 0 Å². The highest BCUT2D eigenvalue weighted by Gasteiger charge is 2.11. The summed E-state index contributed by atoms with van der Waals surface area (Å²) < 4.78 is 0. The van der Waals surface area contributed by atoms with Gasteiger partial charge in [0.15, 0.2) is 0 Å². The van der Waals surface area contributed by atoms with E-state index < -0.39 is 12.1 Å². The maximum Gasteiger partial charge on any atom is 0.321 e. The van der Waals surface area contributed by atoms with Gasteiger partial charge < -0.3 is 10.4 Å². The van der Waals surface area contributed by atoms with Gasteiger partial charge >= 0.3 is 6.03 Å². The molecule has 2 amide bonds. The number of benzene rings is 1. The zero-order valence-electron chi connectivity index (χ0n) is 12.0. The van der Waals surface area contributed by atoms with Crippen LogP contribution >= 0.6 is 22.9 Å². The Bertz CT molecular complexity index is 618. The van der Waals surface area contributed by atoms with Gasteiger partial charge in [0.05, 0.1) is 6.10 Å². The molecule has 1 aromatic heterocycles. The van der Waals surface area contributed by atoms with E-state index in [2.05, 4.69) is 27.8 Å². The maximum atomic E-state index is 11.8. The van der Waals surface area contributed by atoms with Crippen LogP contribution in [0.15, 0.2) is 24.3 Å². The minimum absolute atomic E-state index is 0.0914. The van der Waals surface area contributed by atoms with Crippen molar-refractivity contribution in [2.75, 3.05) is 11.9 Å². The summed E-state index contributed by atoms with van der Waals surface area (Å²) in [5.74, 6) is 0. The predicted octanol–water partition coefficient (Wildman–Crippen LogP) is 3.00. The van der Waals surface area contributed by atoms with E-state index in [0.29, 0.717) is 15.7 Å². The van der Waals surface area contributed by atoms with Crippen molar-refractivity contribution in [2.45, 2.75) is 25.9 Å². The zero-order valence-corrected chi connectivity index (χ0v) is 13.6. The summed E-state index contributed by atoms with van der Waals surface area (Å²) in [7, 11) is 0. The van der Waals surface area contributed by atoms with Gasteiger partial charge in [0, 0.05) is 18.0 Å². The Morgan fingerprint density at radius 1 is 1.36 bits per heavy atom. The van der Waals surface area contributed by atoms with Crippen molar-refractivity contribution < 1.29 is 9.90 Å². The molecular formula is C14H17ClN4O2S. The lowest BCUT2D eigenvalue weighted by molar-refractivity contribution is 0.175.